The van der Waals surface area contributed by atoms with Crippen LogP contribution in [0.5, 0.6) is 0 Å². The number of unbranched alkanes of at least 4 members (excludes halogenated alkanes) is 1. The van der Waals surface area contributed by atoms with E-state index < -0.39 is 60.7 Å². The van der Waals surface area contributed by atoms with Crippen LogP contribution in [0.1, 0.15) is 47.5 Å². The van der Waals surface area contributed by atoms with E-state index in [4.69, 9.17) is 18.9 Å². The highest BCUT2D eigenvalue weighted by Gasteiger charge is 2.44. The summed E-state index contributed by atoms with van der Waals surface area (Å²) in [5.74, 6) is -4.07. The van der Waals surface area contributed by atoms with Crippen LogP contribution in [-0.2, 0) is 42.9 Å². The highest BCUT2D eigenvalue weighted by molar-refractivity contribution is 5.95. The lowest BCUT2D eigenvalue weighted by Gasteiger charge is -2.33. The fourth-order valence-corrected chi connectivity index (χ4v) is 2.27. The summed E-state index contributed by atoms with van der Waals surface area (Å²) < 4.78 is 19.8. The van der Waals surface area contributed by atoms with Crippen molar-refractivity contribution in [2.24, 2.45) is 0 Å². The molecule has 0 saturated carbocycles. The predicted molar refractivity (Wildman–Crippen MR) is 98.4 cm³/mol. The molecule has 0 aliphatic rings. The van der Waals surface area contributed by atoms with Gasteiger partial charge >= 0.3 is 23.9 Å². The van der Waals surface area contributed by atoms with Crippen molar-refractivity contribution >= 4 is 29.7 Å². The predicted octanol–water partition coefficient (Wildman–Crippen LogP) is 0.631. The van der Waals surface area contributed by atoms with Gasteiger partial charge in [-0.25, -0.2) is 0 Å². The summed E-state index contributed by atoms with van der Waals surface area (Å²) >= 11 is 0. The topological polar surface area (TPSA) is 143 Å². The van der Waals surface area contributed by atoms with Gasteiger partial charge < -0.3 is 24.1 Å². The van der Waals surface area contributed by atoms with E-state index in [0.29, 0.717) is 6.42 Å². The second-order valence-electron chi connectivity index (χ2n) is 6.14. The molecule has 0 amide bonds. The Morgan fingerprint density at radius 1 is 0.828 bits per heavy atom. The van der Waals surface area contributed by atoms with E-state index in [0.717, 1.165) is 40.2 Å². The molecule has 0 aromatic rings. The average molecular weight is 416 g/mol. The number of aliphatic hydroxyl groups is 1. The molecule has 0 bridgehead atoms. The smallest absolute Gasteiger partial charge is 0.303 e. The molecule has 0 fully saturated rings. The summed E-state index contributed by atoms with van der Waals surface area (Å²) in [6.45, 7) is 5.47. The minimum atomic E-state index is -1.69. The third kappa shape index (κ3) is 11.0. The first kappa shape index (κ1) is 26.2. The SMILES string of the molecule is CCCC=CC(=O)[C@@H](OC(C)=O)[C@@H](OC(C)=O)[C@H](OC(C)=O)[C@H](O)COC(C)=O. The minimum Gasteiger partial charge on any atom is -0.463 e. The molecular formula is C19H28O10. The van der Waals surface area contributed by atoms with Crippen LogP contribution in [0.25, 0.3) is 0 Å². The Morgan fingerprint density at radius 3 is 1.79 bits per heavy atom. The number of hydrogen-bond acceptors (Lipinski definition) is 10. The lowest BCUT2D eigenvalue weighted by Crippen LogP contribution is -2.54. The highest BCUT2D eigenvalue weighted by Crippen LogP contribution is 2.19. The van der Waals surface area contributed by atoms with Crippen LogP contribution in [-0.4, -0.2) is 65.8 Å². The van der Waals surface area contributed by atoms with Crippen LogP contribution in [0.15, 0.2) is 12.2 Å². The van der Waals surface area contributed by atoms with Gasteiger partial charge in [0.05, 0.1) is 0 Å². The van der Waals surface area contributed by atoms with Crippen LogP contribution in [0.4, 0.5) is 0 Å². The molecule has 0 aliphatic carbocycles. The van der Waals surface area contributed by atoms with Crippen molar-refractivity contribution in [1.82, 2.24) is 0 Å². The van der Waals surface area contributed by atoms with Crippen molar-refractivity contribution in [3.05, 3.63) is 12.2 Å². The standard InChI is InChI=1S/C19H28O10/c1-6-7-8-9-15(24)17(27-12(3)21)19(29-14(5)23)18(28-13(4)22)16(25)10-26-11(2)20/h8-9,16-19,25H,6-7,10H2,1-5H3/t16-,17-,18-,19-/m1/s1. The third-order valence-electron chi connectivity index (χ3n) is 3.37. The quantitative estimate of drug-likeness (QED) is 0.273. The molecule has 0 unspecified atom stereocenters. The van der Waals surface area contributed by atoms with Gasteiger partial charge in [-0.2, -0.15) is 0 Å². The molecule has 0 saturated heterocycles. The second-order valence-corrected chi connectivity index (χ2v) is 6.14. The van der Waals surface area contributed by atoms with Crippen molar-refractivity contribution in [3.63, 3.8) is 0 Å². The van der Waals surface area contributed by atoms with Gasteiger partial charge in [0.2, 0.25) is 6.10 Å². The van der Waals surface area contributed by atoms with Crippen LogP contribution < -0.4 is 0 Å². The van der Waals surface area contributed by atoms with E-state index in [1.54, 1.807) is 6.08 Å². The number of rotatable bonds is 12. The zero-order valence-corrected chi connectivity index (χ0v) is 17.2. The van der Waals surface area contributed by atoms with Crippen molar-refractivity contribution in [2.75, 3.05) is 6.61 Å². The van der Waals surface area contributed by atoms with Crippen molar-refractivity contribution in [2.45, 2.75) is 71.9 Å². The zero-order chi connectivity index (χ0) is 22.6. The average Bonchev–Trinajstić information content (AvgIpc) is 2.60. The van der Waals surface area contributed by atoms with Crippen LogP contribution in [0, 0.1) is 0 Å². The van der Waals surface area contributed by atoms with Crippen LogP contribution in [0.2, 0.25) is 0 Å². The van der Waals surface area contributed by atoms with E-state index in [2.05, 4.69) is 0 Å². The van der Waals surface area contributed by atoms with E-state index in [1.165, 1.54) is 0 Å². The lowest BCUT2D eigenvalue weighted by atomic mass is 9.98. The van der Waals surface area contributed by atoms with Crippen molar-refractivity contribution in [1.29, 1.82) is 0 Å². The maximum absolute atomic E-state index is 12.6. The van der Waals surface area contributed by atoms with Gasteiger partial charge in [-0.3, -0.25) is 24.0 Å². The molecule has 29 heavy (non-hydrogen) atoms. The summed E-state index contributed by atoms with van der Waals surface area (Å²) in [4.78, 5) is 58.3. The summed E-state index contributed by atoms with van der Waals surface area (Å²) in [5.41, 5.74) is 0. The van der Waals surface area contributed by atoms with Crippen molar-refractivity contribution in [3.8, 4) is 0 Å². The maximum Gasteiger partial charge on any atom is 0.303 e. The zero-order valence-electron chi connectivity index (χ0n) is 17.2. The van der Waals surface area contributed by atoms with Crippen LogP contribution >= 0.6 is 0 Å². The number of ketones is 1. The Morgan fingerprint density at radius 2 is 1.34 bits per heavy atom. The van der Waals surface area contributed by atoms with E-state index in [1.807, 2.05) is 6.92 Å². The van der Waals surface area contributed by atoms with E-state index in [9.17, 15) is 29.1 Å². The van der Waals surface area contributed by atoms with Gasteiger partial charge in [0.25, 0.3) is 0 Å². The number of aliphatic hydroxyl groups excluding tert-OH is 1. The summed E-state index contributed by atoms with van der Waals surface area (Å²) in [6.07, 6.45) is -2.67. The van der Waals surface area contributed by atoms with E-state index in [-0.39, 0.29) is 0 Å². The van der Waals surface area contributed by atoms with Gasteiger partial charge in [-0.05, 0) is 12.5 Å². The first-order valence-corrected chi connectivity index (χ1v) is 9.03. The molecule has 0 aromatic carbocycles. The number of allylic oxidation sites excluding steroid dienone is 1. The number of esters is 4. The molecule has 4 atom stereocenters. The molecule has 0 aromatic heterocycles. The minimum absolute atomic E-state index is 0.569. The Balaban J connectivity index is 6.02. The van der Waals surface area contributed by atoms with Crippen LogP contribution in [0.3, 0.4) is 0 Å². The molecule has 0 rings (SSSR count). The first-order valence-electron chi connectivity index (χ1n) is 9.03. The fourth-order valence-electron chi connectivity index (χ4n) is 2.27. The molecule has 0 aliphatic heterocycles. The summed E-state index contributed by atoms with van der Waals surface area (Å²) in [6, 6.07) is 0. The number of carbonyl (C=O) groups is 5. The Bertz CT molecular complexity index is 624. The number of ether oxygens (including phenoxy) is 4. The summed E-state index contributed by atoms with van der Waals surface area (Å²) in [5, 5.41) is 10.4. The monoisotopic (exact) mass is 416 g/mol. The molecule has 10 heteroatoms. The molecule has 0 radical (unpaired) electrons. The fraction of sp³-hybridized carbons (Fsp3) is 0.632. The van der Waals surface area contributed by atoms with Crippen molar-refractivity contribution < 1.29 is 48.0 Å². The van der Waals surface area contributed by atoms with Gasteiger partial charge in [-0.15, -0.1) is 0 Å². The molecule has 0 spiro atoms. The molecular weight excluding hydrogens is 388 g/mol. The normalized spacial score (nSPS) is 15.0. The number of hydrogen-bond donors (Lipinski definition) is 1. The second kappa shape index (κ2) is 13.4. The van der Waals surface area contributed by atoms with Gasteiger partial charge in [0, 0.05) is 27.7 Å². The Hall–Kier alpha value is -2.75. The Kier molecular flexibility index (Phi) is 12.2. The number of carbonyl (C=O) groups excluding carboxylic acids is 5. The lowest BCUT2D eigenvalue weighted by molar-refractivity contribution is -0.196. The summed E-state index contributed by atoms with van der Waals surface area (Å²) in [7, 11) is 0. The van der Waals surface area contributed by atoms with Gasteiger partial charge in [0.15, 0.2) is 18.0 Å². The Labute approximate surface area is 169 Å². The van der Waals surface area contributed by atoms with Gasteiger partial charge in [-0.1, -0.05) is 19.4 Å². The molecule has 10 nitrogen and oxygen atoms in total. The van der Waals surface area contributed by atoms with Gasteiger partial charge in [0.1, 0.15) is 12.7 Å². The molecule has 0 heterocycles. The third-order valence-corrected chi connectivity index (χ3v) is 3.37. The molecule has 1 N–H and O–H groups in total. The maximum atomic E-state index is 12.6. The largest absolute Gasteiger partial charge is 0.463 e. The van der Waals surface area contributed by atoms with E-state index >= 15 is 0 Å². The first-order chi connectivity index (χ1) is 13.5. The highest BCUT2D eigenvalue weighted by atomic mass is 16.6. The molecule has 164 valence electrons.